The van der Waals surface area contributed by atoms with E-state index in [1.54, 1.807) is 19.2 Å². The molecule has 1 unspecified atom stereocenters. The quantitative estimate of drug-likeness (QED) is 0.257. The summed E-state index contributed by atoms with van der Waals surface area (Å²) in [5.74, 6) is -0.174. The number of amides is 2. The topological polar surface area (TPSA) is 99.3 Å². The number of ether oxygens (including phenoxy) is 1. The number of hydrogen-bond donors (Lipinski definition) is 1. The molecule has 9 nitrogen and oxygen atoms in total. The van der Waals surface area contributed by atoms with Crippen molar-refractivity contribution in [3.8, 4) is 5.75 Å². The predicted octanol–water partition coefficient (Wildman–Crippen LogP) is 4.48. The van der Waals surface area contributed by atoms with Gasteiger partial charge >= 0.3 is 10.2 Å². The van der Waals surface area contributed by atoms with Crippen LogP contribution < -0.4 is 14.4 Å². The number of hydrogen-bond acceptors (Lipinski definition) is 5. The largest absolute Gasteiger partial charge is 0.497 e. The van der Waals surface area contributed by atoms with Crippen LogP contribution in [0.3, 0.4) is 0 Å². The second-order valence-corrected chi connectivity index (χ2v) is 12.9. The van der Waals surface area contributed by atoms with Gasteiger partial charge in [0, 0.05) is 33.6 Å². The molecule has 2 amide bonds. The predicted molar refractivity (Wildman–Crippen MR) is 171 cm³/mol. The summed E-state index contributed by atoms with van der Waals surface area (Å²) in [4.78, 5) is 29.7. The lowest BCUT2D eigenvalue weighted by atomic mass is 10.0. The third-order valence-electron chi connectivity index (χ3n) is 7.24. The fourth-order valence-electron chi connectivity index (χ4n) is 4.72. The Balaban J connectivity index is 2.12. The highest BCUT2D eigenvalue weighted by Gasteiger charge is 2.35. The lowest BCUT2D eigenvalue weighted by Gasteiger charge is -2.35. The van der Waals surface area contributed by atoms with E-state index in [-0.39, 0.29) is 18.9 Å². The SMILES string of the molecule is CCCCNC(=O)C(Cc1ccccc1)N(Cc1cccc(OC)c1)C(=O)CN(c1cc(C)ccc1C)S(=O)(=O)N(C)C. The first-order valence-electron chi connectivity index (χ1n) is 14.5. The Labute approximate surface area is 256 Å². The van der Waals surface area contributed by atoms with Crippen molar-refractivity contribution in [1.29, 1.82) is 0 Å². The van der Waals surface area contributed by atoms with Gasteiger partial charge in [-0.05, 0) is 60.7 Å². The highest BCUT2D eigenvalue weighted by Crippen LogP contribution is 2.26. The summed E-state index contributed by atoms with van der Waals surface area (Å²) in [6.45, 7) is 5.80. The molecule has 10 heteroatoms. The average Bonchev–Trinajstić information content (AvgIpc) is 2.99. The van der Waals surface area contributed by atoms with E-state index in [9.17, 15) is 18.0 Å². The number of carbonyl (C=O) groups excluding carboxylic acids is 2. The molecule has 43 heavy (non-hydrogen) atoms. The minimum Gasteiger partial charge on any atom is -0.497 e. The molecule has 0 radical (unpaired) electrons. The summed E-state index contributed by atoms with van der Waals surface area (Å²) < 4.78 is 34.9. The van der Waals surface area contributed by atoms with E-state index in [0.29, 0.717) is 23.5 Å². The fraction of sp³-hybridized carbons (Fsp3) is 0.394. The molecule has 3 aromatic carbocycles. The molecule has 232 valence electrons. The molecule has 0 bridgehead atoms. The minimum atomic E-state index is -4.07. The zero-order valence-corrected chi connectivity index (χ0v) is 26.9. The van der Waals surface area contributed by atoms with E-state index < -0.39 is 28.7 Å². The first kappa shape index (κ1) is 33.6. The van der Waals surface area contributed by atoms with Gasteiger partial charge in [0.1, 0.15) is 18.3 Å². The molecule has 0 aromatic heterocycles. The van der Waals surface area contributed by atoms with Crippen LogP contribution in [0.15, 0.2) is 72.8 Å². The van der Waals surface area contributed by atoms with Crippen LogP contribution in [0.5, 0.6) is 5.75 Å². The molecule has 0 aliphatic heterocycles. The van der Waals surface area contributed by atoms with E-state index in [2.05, 4.69) is 5.32 Å². The van der Waals surface area contributed by atoms with Gasteiger partial charge in [0.15, 0.2) is 0 Å². The molecule has 1 atom stereocenters. The number of rotatable bonds is 15. The number of nitrogens with zero attached hydrogens (tertiary/aromatic N) is 3. The maximum Gasteiger partial charge on any atom is 0.304 e. The van der Waals surface area contributed by atoms with Gasteiger partial charge in [-0.25, -0.2) is 4.31 Å². The van der Waals surface area contributed by atoms with E-state index >= 15 is 0 Å². The first-order valence-corrected chi connectivity index (χ1v) is 15.9. The van der Waals surface area contributed by atoms with Gasteiger partial charge in [0.05, 0.1) is 12.8 Å². The van der Waals surface area contributed by atoms with Crippen molar-refractivity contribution in [2.45, 2.75) is 52.6 Å². The lowest BCUT2D eigenvalue weighted by molar-refractivity contribution is -0.140. The Morgan fingerprint density at radius 2 is 1.63 bits per heavy atom. The standard InChI is InChI=1S/C33H44N4O5S/c1-7-8-19-34-33(39)31(22-27-13-10-9-11-14-27)36(23-28-15-12-16-29(21-28)42-6)32(38)24-37(43(40,41)35(4)5)30-20-25(2)17-18-26(30)3/h9-18,20-21,31H,7-8,19,22-24H2,1-6H3,(H,34,39). The highest BCUT2D eigenvalue weighted by molar-refractivity contribution is 7.90. The van der Waals surface area contributed by atoms with Gasteiger partial charge in [-0.3, -0.25) is 9.59 Å². The first-order chi connectivity index (χ1) is 20.5. The summed E-state index contributed by atoms with van der Waals surface area (Å²) in [5, 5.41) is 3.00. The lowest BCUT2D eigenvalue weighted by Crippen LogP contribution is -2.54. The summed E-state index contributed by atoms with van der Waals surface area (Å²) in [5.41, 5.74) is 3.61. The molecule has 0 heterocycles. The van der Waals surface area contributed by atoms with Gasteiger partial charge in [0.2, 0.25) is 11.8 Å². The van der Waals surface area contributed by atoms with Crippen LogP contribution in [0.1, 0.15) is 42.0 Å². The Kier molecular flexibility index (Phi) is 12.1. The molecule has 3 aromatic rings. The van der Waals surface area contributed by atoms with Crippen molar-refractivity contribution in [2.75, 3.05) is 38.6 Å². The second kappa shape index (κ2) is 15.5. The van der Waals surface area contributed by atoms with Crippen LogP contribution in [0.25, 0.3) is 0 Å². The smallest absolute Gasteiger partial charge is 0.304 e. The zero-order valence-electron chi connectivity index (χ0n) is 26.0. The van der Waals surface area contributed by atoms with Crippen LogP contribution in [0.2, 0.25) is 0 Å². The van der Waals surface area contributed by atoms with Gasteiger partial charge in [0.25, 0.3) is 0 Å². The number of nitrogens with one attached hydrogen (secondary N) is 1. The Morgan fingerprint density at radius 3 is 2.28 bits per heavy atom. The zero-order chi connectivity index (χ0) is 31.6. The number of aryl methyl sites for hydroxylation is 2. The van der Waals surface area contributed by atoms with Crippen LogP contribution in [0, 0.1) is 13.8 Å². The summed E-state index contributed by atoms with van der Waals surface area (Å²) in [7, 11) is 0.370. The molecule has 1 N–H and O–H groups in total. The maximum atomic E-state index is 14.4. The Bertz CT molecular complexity index is 1480. The summed E-state index contributed by atoms with van der Waals surface area (Å²) >= 11 is 0. The Morgan fingerprint density at radius 1 is 0.930 bits per heavy atom. The van der Waals surface area contributed by atoms with Crippen molar-refractivity contribution in [3.63, 3.8) is 0 Å². The summed E-state index contributed by atoms with van der Waals surface area (Å²) in [6, 6.07) is 21.4. The van der Waals surface area contributed by atoms with E-state index in [0.717, 1.165) is 38.1 Å². The third-order valence-corrected chi connectivity index (χ3v) is 9.05. The fourth-order valence-corrected chi connectivity index (χ4v) is 5.83. The average molecular weight is 609 g/mol. The van der Waals surface area contributed by atoms with Gasteiger partial charge in [-0.2, -0.15) is 12.7 Å². The monoisotopic (exact) mass is 608 g/mol. The van der Waals surface area contributed by atoms with Crippen molar-refractivity contribution in [1.82, 2.24) is 14.5 Å². The Hall–Kier alpha value is -3.89. The molecule has 0 saturated heterocycles. The van der Waals surface area contributed by atoms with Crippen molar-refractivity contribution in [3.05, 3.63) is 95.1 Å². The normalized spacial score (nSPS) is 12.1. The summed E-state index contributed by atoms with van der Waals surface area (Å²) in [6.07, 6.45) is 1.97. The molecule has 0 fully saturated rings. The molecule has 0 spiro atoms. The number of carbonyl (C=O) groups is 2. The van der Waals surface area contributed by atoms with Gasteiger partial charge < -0.3 is 15.0 Å². The molecule has 3 rings (SSSR count). The van der Waals surface area contributed by atoms with Crippen LogP contribution >= 0.6 is 0 Å². The van der Waals surface area contributed by atoms with E-state index in [1.807, 2.05) is 81.4 Å². The number of unbranched alkanes of at least 4 members (excludes halogenated alkanes) is 1. The number of benzene rings is 3. The molecule has 0 saturated carbocycles. The maximum absolute atomic E-state index is 14.4. The van der Waals surface area contributed by atoms with Crippen molar-refractivity contribution >= 4 is 27.7 Å². The molecule has 0 aliphatic rings. The van der Waals surface area contributed by atoms with Gasteiger partial charge in [-0.15, -0.1) is 0 Å². The van der Waals surface area contributed by atoms with E-state index in [4.69, 9.17) is 4.74 Å². The van der Waals surface area contributed by atoms with E-state index in [1.165, 1.54) is 19.0 Å². The third kappa shape index (κ3) is 9.05. The second-order valence-electron chi connectivity index (χ2n) is 10.8. The molecule has 0 aliphatic carbocycles. The minimum absolute atomic E-state index is 0.0807. The number of methoxy groups -OCH3 is 1. The van der Waals surface area contributed by atoms with Crippen molar-refractivity contribution < 1.29 is 22.7 Å². The molecular formula is C33H44N4O5S. The highest BCUT2D eigenvalue weighted by atomic mass is 32.2. The number of anilines is 1. The van der Waals surface area contributed by atoms with Gasteiger partial charge in [-0.1, -0.05) is 67.9 Å². The van der Waals surface area contributed by atoms with Crippen LogP contribution in [0.4, 0.5) is 5.69 Å². The van der Waals surface area contributed by atoms with Crippen LogP contribution in [-0.2, 0) is 32.8 Å². The van der Waals surface area contributed by atoms with Crippen LogP contribution in [-0.4, -0.2) is 69.8 Å². The van der Waals surface area contributed by atoms with Crippen molar-refractivity contribution in [2.24, 2.45) is 0 Å². The molecular weight excluding hydrogens is 564 g/mol.